The monoisotopic (exact) mass is 504 g/mol. The van der Waals surface area contributed by atoms with Crippen LogP contribution in [-0.2, 0) is 4.79 Å². The molecule has 1 heterocycles. The molecule has 2 aromatic carbocycles. The number of aromatic nitrogens is 2. The molecule has 1 aliphatic rings. The zero-order chi connectivity index (χ0) is 26.5. The highest BCUT2D eigenvalue weighted by molar-refractivity contribution is 6.04. The van der Waals surface area contributed by atoms with Gasteiger partial charge in [0, 0.05) is 23.2 Å². The first-order valence-electron chi connectivity index (χ1n) is 12.5. The number of ether oxygens (including phenoxy) is 1. The number of carbonyl (C=O) groups excluding carboxylic acids is 2. The average molecular weight is 505 g/mol. The molecule has 1 fully saturated rings. The number of anilines is 2. The second-order valence-corrected chi connectivity index (χ2v) is 9.76. The number of carbonyl (C=O) groups is 3. The highest BCUT2D eigenvalue weighted by Gasteiger charge is 2.34. The van der Waals surface area contributed by atoms with E-state index in [1.165, 1.54) is 15.8 Å². The van der Waals surface area contributed by atoms with Gasteiger partial charge in [-0.05, 0) is 81.8 Å². The molecule has 1 saturated carbocycles. The van der Waals surface area contributed by atoms with Gasteiger partial charge >= 0.3 is 6.16 Å². The van der Waals surface area contributed by atoms with Crippen molar-refractivity contribution >= 4 is 29.5 Å². The van der Waals surface area contributed by atoms with Gasteiger partial charge in [0.1, 0.15) is 0 Å². The number of carboxylic acid groups (broad SMARTS) is 1. The average Bonchev–Trinajstić information content (AvgIpc) is 3.27. The summed E-state index contributed by atoms with van der Waals surface area (Å²) in [5, 5.41) is 16.7. The predicted octanol–water partition coefficient (Wildman–Crippen LogP) is 5.75. The van der Waals surface area contributed by atoms with E-state index in [-0.39, 0.29) is 35.3 Å². The van der Waals surface area contributed by atoms with E-state index in [2.05, 4.69) is 17.3 Å². The maximum absolute atomic E-state index is 13.5. The fraction of sp³-hybridized carbons (Fsp3) is 0.357. The Kier molecular flexibility index (Phi) is 7.91. The summed E-state index contributed by atoms with van der Waals surface area (Å²) < 4.78 is 6.49. The van der Waals surface area contributed by atoms with E-state index < -0.39 is 6.16 Å². The van der Waals surface area contributed by atoms with Gasteiger partial charge in [0.15, 0.2) is 5.75 Å². The molecule has 1 aliphatic carbocycles. The van der Waals surface area contributed by atoms with Crippen LogP contribution in [0.1, 0.15) is 56.8 Å². The number of amides is 2. The zero-order valence-electron chi connectivity index (χ0n) is 21.3. The van der Waals surface area contributed by atoms with E-state index in [4.69, 9.17) is 4.74 Å². The molecule has 4 rings (SSSR count). The quantitative estimate of drug-likeness (QED) is 0.396. The van der Waals surface area contributed by atoms with Crippen LogP contribution in [0.4, 0.5) is 16.3 Å². The molecule has 2 N–H and O–H groups in total. The Balaban J connectivity index is 1.60. The van der Waals surface area contributed by atoms with Crippen LogP contribution in [0.5, 0.6) is 5.75 Å². The Hall–Kier alpha value is -4.14. The van der Waals surface area contributed by atoms with Crippen LogP contribution in [-0.4, -0.2) is 38.9 Å². The normalized spacial score (nSPS) is 17.3. The molecule has 37 heavy (non-hydrogen) atoms. The lowest BCUT2D eigenvalue weighted by Crippen LogP contribution is -2.42. The number of hydrogen-bond donors (Lipinski definition) is 2. The number of para-hydroxylation sites is 1. The van der Waals surface area contributed by atoms with Crippen LogP contribution in [0, 0.1) is 11.8 Å². The third-order valence-corrected chi connectivity index (χ3v) is 6.63. The fourth-order valence-corrected chi connectivity index (χ4v) is 4.61. The zero-order valence-corrected chi connectivity index (χ0v) is 21.3. The standard InChI is InChI=1S/C28H32N4O5/c1-18(2)32(27(34)21-11-9-19(3)10-12-21)25-24(37-28(35)36)17-31(30-25)23-15-13-20(14-16-23)26(33)29-22-7-5-4-6-8-22/h4-8,13-19,21H,9-12H2,1-3H3,(H,29,33)(H,35,36). The van der Waals surface area contributed by atoms with Crippen molar-refractivity contribution in [3.8, 4) is 11.4 Å². The lowest BCUT2D eigenvalue weighted by molar-refractivity contribution is -0.124. The molecule has 0 unspecified atom stereocenters. The SMILES string of the molecule is CC1CCC(C(=O)N(c2nn(-c3ccc(C(=O)Nc4ccccc4)cc3)cc2OC(=O)O)C(C)C)CC1. The van der Waals surface area contributed by atoms with Crippen LogP contribution in [0.2, 0.25) is 0 Å². The molecule has 2 amide bonds. The number of rotatable bonds is 7. The maximum atomic E-state index is 13.5. The molecule has 0 aliphatic heterocycles. The molecule has 0 atom stereocenters. The van der Waals surface area contributed by atoms with Gasteiger partial charge in [-0.15, -0.1) is 5.10 Å². The summed E-state index contributed by atoms with van der Waals surface area (Å²) in [6, 6.07) is 15.6. The van der Waals surface area contributed by atoms with Crippen molar-refractivity contribution in [2.75, 3.05) is 10.2 Å². The van der Waals surface area contributed by atoms with Crippen LogP contribution < -0.4 is 15.0 Å². The minimum atomic E-state index is -1.49. The van der Waals surface area contributed by atoms with Crippen molar-refractivity contribution in [3.63, 3.8) is 0 Å². The molecule has 194 valence electrons. The van der Waals surface area contributed by atoms with Crippen molar-refractivity contribution < 1.29 is 24.2 Å². The molecule has 0 spiro atoms. The van der Waals surface area contributed by atoms with E-state index in [0.717, 1.165) is 25.7 Å². The van der Waals surface area contributed by atoms with Crippen molar-refractivity contribution in [1.29, 1.82) is 0 Å². The molecule has 0 radical (unpaired) electrons. The minimum absolute atomic E-state index is 0.0235. The topological polar surface area (TPSA) is 114 Å². The minimum Gasteiger partial charge on any atom is -0.449 e. The van der Waals surface area contributed by atoms with Gasteiger partial charge in [-0.2, -0.15) is 0 Å². The van der Waals surface area contributed by atoms with Crippen molar-refractivity contribution in [2.45, 2.75) is 52.5 Å². The number of hydrogen-bond acceptors (Lipinski definition) is 5. The second kappa shape index (κ2) is 11.3. The molecule has 0 bridgehead atoms. The van der Waals surface area contributed by atoms with E-state index >= 15 is 0 Å². The highest BCUT2D eigenvalue weighted by atomic mass is 16.7. The Morgan fingerprint density at radius 1 is 1.03 bits per heavy atom. The van der Waals surface area contributed by atoms with Crippen LogP contribution in [0.25, 0.3) is 5.69 Å². The smallest absolute Gasteiger partial charge is 0.449 e. The summed E-state index contributed by atoms with van der Waals surface area (Å²) in [5.41, 5.74) is 1.72. The Morgan fingerprint density at radius 2 is 1.68 bits per heavy atom. The lowest BCUT2D eigenvalue weighted by atomic mass is 9.82. The summed E-state index contributed by atoms with van der Waals surface area (Å²) in [7, 11) is 0. The number of nitrogens with one attached hydrogen (secondary N) is 1. The number of benzene rings is 2. The second-order valence-electron chi connectivity index (χ2n) is 9.76. The Labute approximate surface area is 216 Å². The first-order valence-corrected chi connectivity index (χ1v) is 12.5. The summed E-state index contributed by atoms with van der Waals surface area (Å²) in [4.78, 5) is 39.1. The summed E-state index contributed by atoms with van der Waals surface area (Å²) in [5.74, 6) is 0.266. The van der Waals surface area contributed by atoms with E-state index in [0.29, 0.717) is 22.9 Å². The van der Waals surface area contributed by atoms with Gasteiger partial charge in [0.25, 0.3) is 5.91 Å². The van der Waals surface area contributed by atoms with E-state index in [1.807, 2.05) is 32.0 Å². The molecule has 0 saturated heterocycles. The molecular weight excluding hydrogens is 472 g/mol. The summed E-state index contributed by atoms with van der Waals surface area (Å²) in [6.07, 6.45) is 3.51. The molecular formula is C28H32N4O5. The maximum Gasteiger partial charge on any atom is 0.511 e. The van der Waals surface area contributed by atoms with Gasteiger partial charge in [-0.1, -0.05) is 25.1 Å². The van der Waals surface area contributed by atoms with Crippen molar-refractivity contribution in [3.05, 3.63) is 66.4 Å². The molecule has 1 aromatic heterocycles. The largest absolute Gasteiger partial charge is 0.511 e. The van der Waals surface area contributed by atoms with Crippen molar-refractivity contribution in [1.82, 2.24) is 9.78 Å². The van der Waals surface area contributed by atoms with Gasteiger partial charge in [0.05, 0.1) is 11.9 Å². The fourth-order valence-electron chi connectivity index (χ4n) is 4.61. The lowest BCUT2D eigenvalue weighted by Gasteiger charge is -2.32. The number of nitrogens with zero attached hydrogens (tertiary/aromatic N) is 3. The Bertz CT molecular complexity index is 1250. The third kappa shape index (κ3) is 6.17. The molecule has 3 aromatic rings. The van der Waals surface area contributed by atoms with Gasteiger partial charge in [-0.25, -0.2) is 9.48 Å². The molecule has 9 heteroatoms. The first kappa shape index (κ1) is 25.9. The summed E-state index contributed by atoms with van der Waals surface area (Å²) >= 11 is 0. The van der Waals surface area contributed by atoms with Crippen LogP contribution >= 0.6 is 0 Å². The van der Waals surface area contributed by atoms with Gasteiger partial charge in [-0.3, -0.25) is 14.5 Å². The third-order valence-electron chi connectivity index (χ3n) is 6.63. The highest BCUT2D eigenvalue weighted by Crippen LogP contribution is 2.35. The molecule has 9 nitrogen and oxygen atoms in total. The van der Waals surface area contributed by atoms with E-state index in [1.54, 1.807) is 36.4 Å². The Morgan fingerprint density at radius 3 is 2.27 bits per heavy atom. The van der Waals surface area contributed by atoms with Crippen LogP contribution in [0.3, 0.4) is 0 Å². The van der Waals surface area contributed by atoms with Gasteiger partial charge in [0.2, 0.25) is 11.7 Å². The predicted molar refractivity (Wildman–Crippen MR) is 140 cm³/mol. The summed E-state index contributed by atoms with van der Waals surface area (Å²) in [6.45, 7) is 5.93. The van der Waals surface area contributed by atoms with E-state index in [9.17, 15) is 19.5 Å². The van der Waals surface area contributed by atoms with Gasteiger partial charge < -0.3 is 15.2 Å². The van der Waals surface area contributed by atoms with Crippen molar-refractivity contribution in [2.24, 2.45) is 11.8 Å². The van der Waals surface area contributed by atoms with Crippen LogP contribution in [0.15, 0.2) is 60.8 Å². The first-order chi connectivity index (χ1) is 17.7.